The lowest BCUT2D eigenvalue weighted by Gasteiger charge is -2.24. The van der Waals surface area contributed by atoms with Gasteiger partial charge in [-0.3, -0.25) is 0 Å². The van der Waals surface area contributed by atoms with Gasteiger partial charge in [-0.25, -0.2) is 19.6 Å². The number of para-hydroxylation sites is 2. The van der Waals surface area contributed by atoms with Crippen LogP contribution in [0.4, 0.5) is 5.82 Å². The Bertz CT molecular complexity index is 794. The van der Waals surface area contributed by atoms with Gasteiger partial charge in [0.25, 0.3) is 0 Å². The average Bonchev–Trinajstić information content (AvgIpc) is 2.95. The fourth-order valence-electron chi connectivity index (χ4n) is 2.77. The lowest BCUT2D eigenvalue weighted by molar-refractivity contribution is 0.440. The average molecular weight is 280 g/mol. The first-order chi connectivity index (χ1) is 10.3. The predicted molar refractivity (Wildman–Crippen MR) is 80.0 cm³/mol. The number of fused-ring (bicyclic) bond motifs is 2. The van der Waals surface area contributed by atoms with Crippen LogP contribution in [0.2, 0.25) is 0 Å². The smallest absolute Gasteiger partial charge is 0.148 e. The van der Waals surface area contributed by atoms with E-state index in [4.69, 9.17) is 4.98 Å². The molecule has 4 rings (SSSR count). The molecular weight excluding hydrogens is 264 g/mol. The standard InChI is InChI=1S/C15H16N6/c1-10-15(20-13-5-3-2-4-12(13)18-10)19-11-6-7-14-16-9-17-21(14)8-11/h2-5,9,11H,6-8H2,1H3,(H,19,20). The lowest BCUT2D eigenvalue weighted by Crippen LogP contribution is -2.32. The molecule has 0 aliphatic carbocycles. The highest BCUT2D eigenvalue weighted by molar-refractivity contribution is 5.76. The first-order valence-electron chi connectivity index (χ1n) is 7.16. The number of nitrogens with one attached hydrogen (secondary N) is 1. The van der Waals surface area contributed by atoms with Gasteiger partial charge in [0, 0.05) is 12.5 Å². The molecule has 0 saturated carbocycles. The van der Waals surface area contributed by atoms with Gasteiger partial charge in [0.1, 0.15) is 18.0 Å². The van der Waals surface area contributed by atoms with Crippen LogP contribution >= 0.6 is 0 Å². The van der Waals surface area contributed by atoms with Crippen molar-refractivity contribution in [3.05, 3.63) is 42.1 Å². The Morgan fingerprint density at radius 1 is 1.19 bits per heavy atom. The molecule has 0 fully saturated rings. The minimum absolute atomic E-state index is 0.313. The fourth-order valence-corrected chi connectivity index (χ4v) is 2.77. The van der Waals surface area contributed by atoms with Gasteiger partial charge in [-0.05, 0) is 25.5 Å². The van der Waals surface area contributed by atoms with E-state index in [0.29, 0.717) is 6.04 Å². The van der Waals surface area contributed by atoms with Crippen LogP contribution in [0.3, 0.4) is 0 Å². The quantitative estimate of drug-likeness (QED) is 0.777. The lowest BCUT2D eigenvalue weighted by atomic mass is 10.1. The number of nitrogens with zero attached hydrogens (tertiary/aromatic N) is 5. The summed E-state index contributed by atoms with van der Waals surface area (Å²) < 4.78 is 1.96. The minimum atomic E-state index is 0.313. The number of hydrogen-bond acceptors (Lipinski definition) is 5. The zero-order valence-corrected chi connectivity index (χ0v) is 11.8. The molecule has 1 aliphatic rings. The van der Waals surface area contributed by atoms with Crippen LogP contribution in [0.25, 0.3) is 11.0 Å². The van der Waals surface area contributed by atoms with Gasteiger partial charge in [-0.1, -0.05) is 12.1 Å². The molecule has 1 aromatic carbocycles. The number of aryl methyl sites for hydroxylation is 2. The zero-order chi connectivity index (χ0) is 14.2. The van der Waals surface area contributed by atoms with Gasteiger partial charge in [0.05, 0.1) is 23.3 Å². The molecule has 1 N–H and O–H groups in total. The molecule has 3 heterocycles. The van der Waals surface area contributed by atoms with Crippen LogP contribution < -0.4 is 5.32 Å². The Balaban J connectivity index is 1.61. The largest absolute Gasteiger partial charge is 0.364 e. The van der Waals surface area contributed by atoms with E-state index in [2.05, 4.69) is 20.4 Å². The summed E-state index contributed by atoms with van der Waals surface area (Å²) in [5, 5.41) is 7.76. The van der Waals surface area contributed by atoms with Crippen molar-refractivity contribution >= 4 is 16.9 Å². The molecule has 21 heavy (non-hydrogen) atoms. The molecule has 0 radical (unpaired) electrons. The van der Waals surface area contributed by atoms with Gasteiger partial charge in [0.15, 0.2) is 0 Å². The highest BCUT2D eigenvalue weighted by Crippen LogP contribution is 2.20. The van der Waals surface area contributed by atoms with Gasteiger partial charge in [0.2, 0.25) is 0 Å². The van der Waals surface area contributed by atoms with E-state index in [1.54, 1.807) is 6.33 Å². The van der Waals surface area contributed by atoms with E-state index >= 15 is 0 Å². The van der Waals surface area contributed by atoms with E-state index in [1.165, 1.54) is 0 Å². The molecular formula is C15H16N6. The summed E-state index contributed by atoms with van der Waals surface area (Å²) in [6.45, 7) is 2.81. The summed E-state index contributed by atoms with van der Waals surface area (Å²) in [7, 11) is 0. The van der Waals surface area contributed by atoms with Crippen molar-refractivity contribution in [1.82, 2.24) is 24.7 Å². The summed E-state index contributed by atoms with van der Waals surface area (Å²) in [6, 6.07) is 8.26. The van der Waals surface area contributed by atoms with Crippen molar-refractivity contribution in [3.63, 3.8) is 0 Å². The van der Waals surface area contributed by atoms with Crippen molar-refractivity contribution in [3.8, 4) is 0 Å². The maximum absolute atomic E-state index is 4.69. The van der Waals surface area contributed by atoms with Crippen LogP contribution in [0, 0.1) is 6.92 Å². The van der Waals surface area contributed by atoms with Crippen molar-refractivity contribution in [1.29, 1.82) is 0 Å². The van der Waals surface area contributed by atoms with Crippen LogP contribution in [0.5, 0.6) is 0 Å². The van der Waals surface area contributed by atoms with E-state index < -0.39 is 0 Å². The third kappa shape index (κ3) is 2.22. The summed E-state index contributed by atoms with van der Waals surface area (Å²) in [4.78, 5) is 13.6. The summed E-state index contributed by atoms with van der Waals surface area (Å²) in [5.41, 5.74) is 2.78. The number of hydrogen-bond donors (Lipinski definition) is 1. The molecule has 3 aromatic rings. The normalized spacial score (nSPS) is 17.7. The third-order valence-corrected chi connectivity index (χ3v) is 3.89. The SMILES string of the molecule is Cc1nc2ccccc2nc1NC1CCc2ncnn2C1. The molecule has 2 aromatic heterocycles. The number of rotatable bonds is 2. The highest BCUT2D eigenvalue weighted by Gasteiger charge is 2.20. The third-order valence-electron chi connectivity index (χ3n) is 3.89. The Kier molecular flexibility index (Phi) is 2.80. The first kappa shape index (κ1) is 12.3. The van der Waals surface area contributed by atoms with Crippen molar-refractivity contribution in [2.24, 2.45) is 0 Å². The van der Waals surface area contributed by atoms with Crippen LogP contribution in [-0.4, -0.2) is 30.8 Å². The number of anilines is 1. The molecule has 106 valence electrons. The molecule has 0 spiro atoms. The van der Waals surface area contributed by atoms with E-state index in [9.17, 15) is 0 Å². The van der Waals surface area contributed by atoms with Crippen molar-refractivity contribution < 1.29 is 0 Å². The molecule has 0 amide bonds. The Morgan fingerprint density at radius 2 is 2.00 bits per heavy atom. The maximum atomic E-state index is 4.69. The minimum Gasteiger partial charge on any atom is -0.364 e. The number of benzene rings is 1. The molecule has 0 saturated heterocycles. The highest BCUT2D eigenvalue weighted by atomic mass is 15.3. The second-order valence-electron chi connectivity index (χ2n) is 5.38. The van der Waals surface area contributed by atoms with Crippen LogP contribution in [0.15, 0.2) is 30.6 Å². The molecule has 1 atom stereocenters. The summed E-state index contributed by atoms with van der Waals surface area (Å²) in [5.74, 6) is 1.93. The van der Waals surface area contributed by atoms with E-state index in [1.807, 2.05) is 35.9 Å². The van der Waals surface area contributed by atoms with Crippen molar-refractivity contribution in [2.45, 2.75) is 32.4 Å². The summed E-state index contributed by atoms with van der Waals surface area (Å²) in [6.07, 6.45) is 3.60. The van der Waals surface area contributed by atoms with Gasteiger partial charge < -0.3 is 5.32 Å². The van der Waals surface area contributed by atoms with E-state index in [0.717, 1.165) is 47.8 Å². The van der Waals surface area contributed by atoms with Gasteiger partial charge in [-0.15, -0.1) is 0 Å². The van der Waals surface area contributed by atoms with Gasteiger partial charge >= 0.3 is 0 Å². The van der Waals surface area contributed by atoms with Crippen molar-refractivity contribution in [2.75, 3.05) is 5.32 Å². The molecule has 6 heteroatoms. The molecule has 1 unspecified atom stereocenters. The van der Waals surface area contributed by atoms with Gasteiger partial charge in [-0.2, -0.15) is 5.10 Å². The molecule has 6 nitrogen and oxygen atoms in total. The van der Waals surface area contributed by atoms with E-state index in [-0.39, 0.29) is 0 Å². The fraction of sp³-hybridized carbons (Fsp3) is 0.333. The Morgan fingerprint density at radius 3 is 2.86 bits per heavy atom. The molecule has 1 aliphatic heterocycles. The molecule has 0 bridgehead atoms. The second-order valence-corrected chi connectivity index (χ2v) is 5.38. The Hall–Kier alpha value is -2.50. The maximum Gasteiger partial charge on any atom is 0.148 e. The monoisotopic (exact) mass is 280 g/mol. The van der Waals surface area contributed by atoms with Crippen LogP contribution in [-0.2, 0) is 13.0 Å². The zero-order valence-electron chi connectivity index (χ0n) is 11.8. The van der Waals surface area contributed by atoms with Crippen LogP contribution in [0.1, 0.15) is 17.9 Å². The predicted octanol–water partition coefficient (Wildman–Crippen LogP) is 1.96. The second kappa shape index (κ2) is 4.80. The first-order valence-corrected chi connectivity index (χ1v) is 7.16. The number of aromatic nitrogens is 5. The topological polar surface area (TPSA) is 68.5 Å². The Labute approximate surface area is 122 Å². The summed E-state index contributed by atoms with van der Waals surface area (Å²) >= 11 is 0.